The van der Waals surface area contributed by atoms with Crippen molar-refractivity contribution < 1.29 is 14.6 Å². The Hall–Kier alpha value is -1.94. The fourth-order valence-corrected chi connectivity index (χ4v) is 4.88. The minimum atomic E-state index is -0.971. The van der Waals surface area contributed by atoms with Crippen LogP contribution in [-0.2, 0) is 16.0 Å². The van der Waals surface area contributed by atoms with Gasteiger partial charge in [-0.1, -0.05) is 50.8 Å². The van der Waals surface area contributed by atoms with Gasteiger partial charge in [0, 0.05) is 12.1 Å². The molecule has 0 radical (unpaired) electrons. The normalized spacial score (nSPS) is 31.1. The van der Waals surface area contributed by atoms with Gasteiger partial charge in [-0.05, 0) is 55.1 Å². The van der Waals surface area contributed by atoms with E-state index in [4.69, 9.17) is 9.73 Å². The first-order valence-corrected chi connectivity index (χ1v) is 9.88. The topological polar surface area (TPSA) is 58.9 Å². The van der Waals surface area contributed by atoms with Crippen molar-refractivity contribution in [2.75, 3.05) is 6.61 Å². The maximum Gasteiger partial charge on any atom is 0.331 e. The van der Waals surface area contributed by atoms with E-state index < -0.39 is 11.6 Å². The Bertz CT molecular complexity index is 763. The Morgan fingerprint density at radius 1 is 1.41 bits per heavy atom. The van der Waals surface area contributed by atoms with Crippen molar-refractivity contribution in [1.82, 2.24) is 0 Å². The molecule has 3 aliphatic rings. The third kappa shape index (κ3) is 3.47. The molecule has 3 aliphatic carbocycles. The maximum absolute atomic E-state index is 12.6. The predicted molar refractivity (Wildman–Crippen MR) is 109 cm³/mol. The molecule has 1 aromatic rings. The average molecular weight is 370 g/mol. The van der Waals surface area contributed by atoms with Crippen LogP contribution in [0, 0.1) is 17.3 Å². The fraction of sp³-hybridized carbons (Fsp3) is 0.565. The van der Waals surface area contributed by atoms with E-state index in [0.717, 1.165) is 29.7 Å². The molecule has 0 heterocycles. The summed E-state index contributed by atoms with van der Waals surface area (Å²) in [6, 6.07) is 7.22. The van der Waals surface area contributed by atoms with Crippen LogP contribution in [0.2, 0.25) is 0 Å². The van der Waals surface area contributed by atoms with Crippen molar-refractivity contribution in [1.29, 1.82) is 0 Å². The molecular weight excluding hydrogens is 338 g/mol. The van der Waals surface area contributed by atoms with Crippen LogP contribution in [0.25, 0.3) is 6.08 Å². The van der Waals surface area contributed by atoms with Gasteiger partial charge in [0.05, 0.1) is 6.61 Å². The van der Waals surface area contributed by atoms with Gasteiger partial charge in [0.1, 0.15) is 5.60 Å². The number of hydrogen-bond acceptors (Lipinski definition) is 4. The zero-order chi connectivity index (χ0) is 19.8. The van der Waals surface area contributed by atoms with Gasteiger partial charge in [0.2, 0.25) is 0 Å². The van der Waals surface area contributed by atoms with Crippen molar-refractivity contribution in [3.63, 3.8) is 0 Å². The Kier molecular flexibility index (Phi) is 5.31. The smallest absolute Gasteiger partial charge is 0.331 e. The molecule has 2 bridgehead atoms. The van der Waals surface area contributed by atoms with E-state index in [2.05, 4.69) is 20.4 Å². The van der Waals surface area contributed by atoms with Crippen LogP contribution in [-0.4, -0.2) is 35.0 Å². The highest BCUT2D eigenvalue weighted by molar-refractivity contribution is 5.96. The highest BCUT2D eigenvalue weighted by atomic mass is 16.5. The summed E-state index contributed by atoms with van der Waals surface area (Å²) >= 11 is 0. The van der Waals surface area contributed by atoms with Gasteiger partial charge in [0.15, 0.2) is 6.04 Å². The number of nitrogens with zero attached hydrogens (tertiary/aromatic N) is 1. The van der Waals surface area contributed by atoms with Crippen LogP contribution < -0.4 is 0 Å². The first-order valence-electron chi connectivity index (χ1n) is 9.88. The highest BCUT2D eigenvalue weighted by Gasteiger charge is 2.61. The number of carbonyl (C=O) groups is 1. The molecule has 4 nitrogen and oxygen atoms in total. The summed E-state index contributed by atoms with van der Waals surface area (Å²) in [6.45, 7) is 12.3. The molecule has 4 heteroatoms. The van der Waals surface area contributed by atoms with E-state index in [-0.39, 0.29) is 17.3 Å². The SMILES string of the molecule is C=Cc1ccccc1C[C@H](N=C1C[C@@H]2C[C@@H](C2(C)C)[C@]1(C)O)C(=O)OCC. The monoisotopic (exact) mass is 369 g/mol. The maximum atomic E-state index is 12.6. The number of aliphatic hydroxyl groups is 1. The summed E-state index contributed by atoms with van der Waals surface area (Å²) in [5.41, 5.74) is 1.90. The molecule has 1 aromatic carbocycles. The van der Waals surface area contributed by atoms with E-state index in [0.29, 0.717) is 18.9 Å². The van der Waals surface area contributed by atoms with Crippen molar-refractivity contribution >= 4 is 17.8 Å². The molecule has 0 unspecified atom stereocenters. The second-order valence-corrected chi connectivity index (χ2v) is 8.61. The Labute approximate surface area is 162 Å². The molecule has 0 aromatic heterocycles. The molecule has 27 heavy (non-hydrogen) atoms. The van der Waals surface area contributed by atoms with Gasteiger partial charge in [-0.15, -0.1) is 0 Å². The van der Waals surface area contributed by atoms with Crippen LogP contribution in [0.1, 0.15) is 51.7 Å². The molecule has 0 spiro atoms. The summed E-state index contributed by atoms with van der Waals surface area (Å²) in [6.07, 6.45) is 4.01. The first kappa shape index (κ1) is 19.8. The molecular formula is C23H31NO3. The quantitative estimate of drug-likeness (QED) is 0.769. The number of fused-ring (bicyclic) bond motifs is 2. The lowest BCUT2D eigenvalue weighted by atomic mass is 9.44. The number of rotatable bonds is 6. The zero-order valence-electron chi connectivity index (χ0n) is 16.9. The summed E-state index contributed by atoms with van der Waals surface area (Å²) in [5.74, 6) is 0.369. The lowest BCUT2D eigenvalue weighted by molar-refractivity contribution is -0.145. The fourth-order valence-electron chi connectivity index (χ4n) is 4.88. The third-order valence-electron chi connectivity index (χ3n) is 6.73. The molecule has 3 fully saturated rings. The van der Waals surface area contributed by atoms with Crippen molar-refractivity contribution in [2.45, 2.75) is 58.6 Å². The minimum Gasteiger partial charge on any atom is -0.464 e. The van der Waals surface area contributed by atoms with E-state index in [1.54, 1.807) is 13.0 Å². The van der Waals surface area contributed by atoms with Gasteiger partial charge >= 0.3 is 5.97 Å². The molecule has 3 saturated carbocycles. The number of esters is 1. The Morgan fingerprint density at radius 2 is 2.11 bits per heavy atom. The molecule has 0 aliphatic heterocycles. The average Bonchev–Trinajstić information content (AvgIpc) is 2.62. The van der Waals surface area contributed by atoms with E-state index >= 15 is 0 Å². The second kappa shape index (κ2) is 7.23. The standard InChI is InChI=1S/C23H31NO3/c1-6-15-10-8-9-11-16(15)12-18(21(25)27-7-2)24-20-14-17-13-19(22(17,3)4)23(20,5)26/h6,8-11,17-19,26H,1,7,12-14H2,2-5H3/t17-,18-,19-,23-/m0/s1. The second-order valence-electron chi connectivity index (χ2n) is 8.61. The number of benzene rings is 1. The van der Waals surface area contributed by atoms with Crippen LogP contribution in [0.5, 0.6) is 0 Å². The van der Waals surface area contributed by atoms with Crippen LogP contribution in [0.15, 0.2) is 35.8 Å². The molecule has 4 atom stereocenters. The van der Waals surface area contributed by atoms with Crippen molar-refractivity contribution in [3.05, 3.63) is 42.0 Å². The zero-order valence-corrected chi connectivity index (χ0v) is 16.9. The number of aliphatic imine (C=N–C) groups is 1. The molecule has 0 saturated heterocycles. The van der Waals surface area contributed by atoms with Gasteiger partial charge < -0.3 is 9.84 Å². The van der Waals surface area contributed by atoms with Gasteiger partial charge in [-0.3, -0.25) is 4.99 Å². The third-order valence-corrected chi connectivity index (χ3v) is 6.73. The van der Waals surface area contributed by atoms with E-state index in [9.17, 15) is 9.90 Å². The van der Waals surface area contributed by atoms with E-state index in [1.807, 2.05) is 31.2 Å². The number of hydrogen-bond donors (Lipinski definition) is 1. The lowest BCUT2D eigenvalue weighted by Crippen LogP contribution is -2.65. The largest absolute Gasteiger partial charge is 0.464 e. The van der Waals surface area contributed by atoms with E-state index in [1.165, 1.54) is 0 Å². The minimum absolute atomic E-state index is 0.122. The number of ether oxygens (including phenoxy) is 1. The molecule has 1 N–H and O–H groups in total. The van der Waals surface area contributed by atoms with Crippen molar-refractivity contribution in [3.8, 4) is 0 Å². The summed E-state index contributed by atoms with van der Waals surface area (Å²) in [7, 11) is 0. The molecule has 4 rings (SSSR count). The summed E-state index contributed by atoms with van der Waals surface area (Å²) < 4.78 is 5.28. The van der Waals surface area contributed by atoms with Crippen LogP contribution in [0.3, 0.4) is 0 Å². The van der Waals surface area contributed by atoms with Gasteiger partial charge in [0.25, 0.3) is 0 Å². The van der Waals surface area contributed by atoms with Crippen molar-refractivity contribution in [2.24, 2.45) is 22.2 Å². The van der Waals surface area contributed by atoms with Gasteiger partial charge in [-0.25, -0.2) is 4.79 Å². The van der Waals surface area contributed by atoms with Gasteiger partial charge in [-0.2, -0.15) is 0 Å². The predicted octanol–water partition coefficient (Wildman–Crippen LogP) is 4.06. The molecule has 146 valence electrons. The highest BCUT2D eigenvalue weighted by Crippen LogP contribution is 2.61. The Morgan fingerprint density at radius 3 is 2.70 bits per heavy atom. The Balaban J connectivity index is 1.91. The summed E-state index contributed by atoms with van der Waals surface area (Å²) in [4.78, 5) is 17.4. The van der Waals surface area contributed by atoms with Crippen LogP contribution in [0.4, 0.5) is 0 Å². The number of carbonyl (C=O) groups excluding carboxylic acids is 1. The first-order chi connectivity index (χ1) is 12.7. The molecule has 0 amide bonds. The lowest BCUT2D eigenvalue weighted by Gasteiger charge is -2.62. The van der Waals surface area contributed by atoms with Crippen LogP contribution >= 0.6 is 0 Å². The summed E-state index contributed by atoms with van der Waals surface area (Å²) in [5, 5.41) is 11.2.